The van der Waals surface area contributed by atoms with Crippen molar-refractivity contribution >= 4 is 6.09 Å². The number of benzene rings is 1. The van der Waals surface area contributed by atoms with Gasteiger partial charge >= 0.3 is 6.09 Å². The van der Waals surface area contributed by atoms with E-state index in [1.54, 1.807) is 0 Å². The van der Waals surface area contributed by atoms with Crippen LogP contribution in [0.5, 0.6) is 0 Å². The molecule has 1 fully saturated rings. The fourth-order valence-corrected chi connectivity index (χ4v) is 2.28. The fraction of sp³-hybridized carbons (Fsp3) is 0.500. The van der Waals surface area contributed by atoms with Crippen molar-refractivity contribution in [3.8, 4) is 0 Å². The molecule has 1 amide bonds. The fourth-order valence-electron chi connectivity index (χ4n) is 2.28. The summed E-state index contributed by atoms with van der Waals surface area (Å²) in [6, 6.07) is 10.0. The van der Waals surface area contributed by atoms with E-state index in [1.807, 2.05) is 30.3 Å². The van der Waals surface area contributed by atoms with Gasteiger partial charge in [-0.1, -0.05) is 43.7 Å². The smallest absolute Gasteiger partial charge is 0.407 e. The lowest BCUT2D eigenvalue weighted by molar-refractivity contribution is 0.133. The Bertz CT molecular complexity index is 364. The summed E-state index contributed by atoms with van der Waals surface area (Å²) in [5.74, 6) is 0.569. The molecule has 0 heterocycles. The van der Waals surface area contributed by atoms with Crippen LogP contribution in [-0.4, -0.2) is 12.1 Å². The molecular formula is C14H19NO2. The minimum atomic E-state index is -0.299. The molecule has 2 atom stereocenters. The van der Waals surface area contributed by atoms with Gasteiger partial charge in [0.1, 0.15) is 6.61 Å². The van der Waals surface area contributed by atoms with Gasteiger partial charge in [-0.15, -0.1) is 0 Å². The maximum absolute atomic E-state index is 11.6. The highest BCUT2D eigenvalue weighted by Crippen LogP contribution is 2.24. The standard InChI is InChI=1S/C14H19NO2/c1-11-6-5-9-13(11)15-14(16)17-10-12-7-3-2-4-8-12/h2-4,7-8,11,13H,5-6,9-10H2,1H3,(H,15,16). The Morgan fingerprint density at radius 1 is 1.35 bits per heavy atom. The van der Waals surface area contributed by atoms with Gasteiger partial charge in [-0.3, -0.25) is 0 Å². The van der Waals surface area contributed by atoms with E-state index in [4.69, 9.17) is 4.74 Å². The summed E-state index contributed by atoms with van der Waals surface area (Å²) in [6.07, 6.45) is 3.17. The minimum Gasteiger partial charge on any atom is -0.445 e. The summed E-state index contributed by atoms with van der Waals surface area (Å²) in [4.78, 5) is 11.6. The second kappa shape index (κ2) is 5.71. The van der Waals surface area contributed by atoms with Gasteiger partial charge in [-0.05, 0) is 24.3 Å². The van der Waals surface area contributed by atoms with Crippen LogP contribution in [0.3, 0.4) is 0 Å². The molecule has 92 valence electrons. The molecule has 1 saturated carbocycles. The number of rotatable bonds is 3. The lowest BCUT2D eigenvalue weighted by Crippen LogP contribution is -2.36. The molecule has 1 aromatic rings. The first-order chi connectivity index (χ1) is 8.25. The van der Waals surface area contributed by atoms with Gasteiger partial charge in [0, 0.05) is 6.04 Å². The van der Waals surface area contributed by atoms with Crippen LogP contribution in [0.4, 0.5) is 4.79 Å². The molecule has 0 aromatic heterocycles. The summed E-state index contributed by atoms with van der Waals surface area (Å²) >= 11 is 0. The maximum atomic E-state index is 11.6. The van der Waals surface area contributed by atoms with Crippen molar-refractivity contribution in [2.75, 3.05) is 0 Å². The number of alkyl carbamates (subject to hydrolysis) is 1. The number of carbonyl (C=O) groups excluding carboxylic acids is 1. The van der Waals surface area contributed by atoms with Crippen LogP contribution in [-0.2, 0) is 11.3 Å². The molecule has 1 aromatic carbocycles. The van der Waals surface area contributed by atoms with E-state index in [9.17, 15) is 4.79 Å². The normalized spacial score (nSPS) is 23.4. The van der Waals surface area contributed by atoms with Gasteiger partial charge in [-0.2, -0.15) is 0 Å². The number of nitrogens with one attached hydrogen (secondary N) is 1. The predicted octanol–water partition coefficient (Wildman–Crippen LogP) is 3.10. The quantitative estimate of drug-likeness (QED) is 0.871. The van der Waals surface area contributed by atoms with Crippen molar-refractivity contribution in [3.05, 3.63) is 35.9 Å². The molecule has 2 rings (SSSR count). The van der Waals surface area contributed by atoms with Gasteiger partial charge in [0.2, 0.25) is 0 Å². The Balaban J connectivity index is 1.74. The highest BCUT2D eigenvalue weighted by molar-refractivity contribution is 5.67. The van der Waals surface area contributed by atoms with Crippen LogP contribution < -0.4 is 5.32 Å². The molecule has 0 radical (unpaired) electrons. The average Bonchev–Trinajstić information content (AvgIpc) is 2.74. The maximum Gasteiger partial charge on any atom is 0.407 e. The topological polar surface area (TPSA) is 38.3 Å². The zero-order valence-corrected chi connectivity index (χ0v) is 10.2. The second-order valence-electron chi connectivity index (χ2n) is 4.72. The lowest BCUT2D eigenvalue weighted by atomic mass is 10.1. The minimum absolute atomic E-state index is 0.290. The molecular weight excluding hydrogens is 214 g/mol. The van der Waals surface area contributed by atoms with Crippen LogP contribution in [0.25, 0.3) is 0 Å². The number of carbonyl (C=O) groups is 1. The van der Waals surface area contributed by atoms with E-state index < -0.39 is 0 Å². The van der Waals surface area contributed by atoms with E-state index in [0.29, 0.717) is 18.6 Å². The molecule has 2 unspecified atom stereocenters. The first kappa shape index (κ1) is 12.0. The third-order valence-electron chi connectivity index (χ3n) is 3.38. The molecule has 1 aliphatic carbocycles. The van der Waals surface area contributed by atoms with Gasteiger partial charge in [0.05, 0.1) is 0 Å². The Kier molecular flexibility index (Phi) is 4.02. The highest BCUT2D eigenvalue weighted by Gasteiger charge is 2.25. The van der Waals surface area contributed by atoms with Gasteiger partial charge in [0.25, 0.3) is 0 Å². The molecule has 3 heteroatoms. The Morgan fingerprint density at radius 3 is 2.76 bits per heavy atom. The SMILES string of the molecule is CC1CCCC1NC(=O)OCc1ccccc1. The first-order valence-corrected chi connectivity index (χ1v) is 6.23. The van der Waals surface area contributed by atoms with Crippen molar-refractivity contribution in [2.45, 2.75) is 38.8 Å². The van der Waals surface area contributed by atoms with E-state index in [1.165, 1.54) is 12.8 Å². The van der Waals surface area contributed by atoms with E-state index in [-0.39, 0.29) is 6.09 Å². The average molecular weight is 233 g/mol. The molecule has 17 heavy (non-hydrogen) atoms. The monoisotopic (exact) mass is 233 g/mol. The Hall–Kier alpha value is -1.51. The summed E-state index contributed by atoms with van der Waals surface area (Å²) in [5, 5.41) is 2.94. The molecule has 1 N–H and O–H groups in total. The third kappa shape index (κ3) is 3.48. The zero-order valence-electron chi connectivity index (χ0n) is 10.2. The predicted molar refractivity (Wildman–Crippen MR) is 66.6 cm³/mol. The molecule has 3 nitrogen and oxygen atoms in total. The molecule has 0 aliphatic heterocycles. The third-order valence-corrected chi connectivity index (χ3v) is 3.38. The first-order valence-electron chi connectivity index (χ1n) is 6.23. The number of hydrogen-bond donors (Lipinski definition) is 1. The van der Waals surface area contributed by atoms with E-state index in [2.05, 4.69) is 12.2 Å². The van der Waals surface area contributed by atoms with Crippen molar-refractivity contribution in [3.63, 3.8) is 0 Å². The van der Waals surface area contributed by atoms with Crippen molar-refractivity contribution < 1.29 is 9.53 Å². The molecule has 1 aliphatic rings. The van der Waals surface area contributed by atoms with Crippen LogP contribution in [0.15, 0.2) is 30.3 Å². The number of amides is 1. The number of hydrogen-bond acceptors (Lipinski definition) is 2. The largest absolute Gasteiger partial charge is 0.445 e. The van der Waals surface area contributed by atoms with Crippen LogP contribution >= 0.6 is 0 Å². The summed E-state index contributed by atoms with van der Waals surface area (Å²) in [5.41, 5.74) is 1.02. The molecule has 0 spiro atoms. The van der Waals surface area contributed by atoms with E-state index >= 15 is 0 Å². The highest BCUT2D eigenvalue weighted by atomic mass is 16.5. The molecule has 0 saturated heterocycles. The van der Waals surface area contributed by atoms with Crippen molar-refractivity contribution in [1.82, 2.24) is 5.32 Å². The summed E-state index contributed by atoms with van der Waals surface area (Å²) in [7, 11) is 0. The van der Waals surface area contributed by atoms with Crippen molar-refractivity contribution in [2.24, 2.45) is 5.92 Å². The molecule has 0 bridgehead atoms. The van der Waals surface area contributed by atoms with Crippen LogP contribution in [0, 0.1) is 5.92 Å². The van der Waals surface area contributed by atoms with Gasteiger partial charge in [-0.25, -0.2) is 4.79 Å². The van der Waals surface area contributed by atoms with Crippen molar-refractivity contribution in [1.29, 1.82) is 0 Å². The van der Waals surface area contributed by atoms with Crippen LogP contribution in [0.1, 0.15) is 31.7 Å². The number of ether oxygens (including phenoxy) is 1. The lowest BCUT2D eigenvalue weighted by Gasteiger charge is -2.16. The van der Waals surface area contributed by atoms with Gasteiger partial charge in [0.15, 0.2) is 0 Å². The second-order valence-corrected chi connectivity index (χ2v) is 4.72. The Morgan fingerprint density at radius 2 is 2.12 bits per heavy atom. The van der Waals surface area contributed by atoms with Crippen LogP contribution in [0.2, 0.25) is 0 Å². The summed E-state index contributed by atoms with van der Waals surface area (Å²) < 4.78 is 5.19. The summed E-state index contributed by atoms with van der Waals surface area (Å²) in [6.45, 7) is 2.52. The Labute approximate surface area is 102 Å². The van der Waals surface area contributed by atoms with E-state index in [0.717, 1.165) is 12.0 Å². The zero-order chi connectivity index (χ0) is 12.1. The van der Waals surface area contributed by atoms with Gasteiger partial charge < -0.3 is 10.1 Å².